The maximum absolute atomic E-state index is 12.1. The molecule has 0 radical (unpaired) electrons. The van der Waals surface area contributed by atoms with Crippen molar-refractivity contribution in [2.24, 2.45) is 0 Å². The van der Waals surface area contributed by atoms with Crippen LogP contribution in [-0.4, -0.2) is 10.9 Å². The molecular formula is C13H12BrN3O. The highest BCUT2D eigenvalue weighted by Crippen LogP contribution is 2.26. The number of hydrogen-bond donors (Lipinski definition) is 2. The molecule has 1 heterocycles. The Labute approximate surface area is 113 Å². The topological polar surface area (TPSA) is 68.0 Å². The molecule has 2 rings (SSSR count). The fourth-order valence-corrected chi connectivity index (χ4v) is 1.91. The van der Waals surface area contributed by atoms with Gasteiger partial charge >= 0.3 is 0 Å². The summed E-state index contributed by atoms with van der Waals surface area (Å²) in [5, 5.41) is 2.81. The number of nitrogens with one attached hydrogen (secondary N) is 1. The van der Waals surface area contributed by atoms with Crippen LogP contribution in [0.1, 0.15) is 15.9 Å². The van der Waals surface area contributed by atoms with E-state index in [0.717, 1.165) is 15.7 Å². The van der Waals surface area contributed by atoms with Gasteiger partial charge in [-0.15, -0.1) is 0 Å². The summed E-state index contributed by atoms with van der Waals surface area (Å²) >= 11 is 3.44. The van der Waals surface area contributed by atoms with E-state index in [9.17, 15) is 4.79 Å². The molecule has 1 amide bonds. The van der Waals surface area contributed by atoms with E-state index in [4.69, 9.17) is 5.73 Å². The van der Waals surface area contributed by atoms with Crippen molar-refractivity contribution in [1.29, 1.82) is 0 Å². The van der Waals surface area contributed by atoms with Gasteiger partial charge in [0.15, 0.2) is 0 Å². The van der Waals surface area contributed by atoms with Crippen LogP contribution in [0.15, 0.2) is 41.1 Å². The number of aromatic nitrogens is 1. The average molecular weight is 306 g/mol. The highest BCUT2D eigenvalue weighted by atomic mass is 79.9. The third-order valence-corrected chi connectivity index (χ3v) is 3.59. The fraction of sp³-hybridized carbons (Fsp3) is 0.0769. The Kier molecular flexibility index (Phi) is 3.62. The molecule has 1 aromatic carbocycles. The summed E-state index contributed by atoms with van der Waals surface area (Å²) in [7, 11) is 0. The molecule has 3 N–H and O–H groups in total. The van der Waals surface area contributed by atoms with Crippen LogP contribution in [0.4, 0.5) is 11.4 Å². The SMILES string of the molecule is Cc1cccc(NC(=O)c2ccncc2N)c1Br. The van der Waals surface area contributed by atoms with Gasteiger partial charge in [0.1, 0.15) is 0 Å². The number of pyridine rings is 1. The first-order valence-corrected chi connectivity index (χ1v) is 6.15. The summed E-state index contributed by atoms with van der Waals surface area (Å²) in [5.74, 6) is -0.249. The van der Waals surface area contributed by atoms with E-state index in [0.29, 0.717) is 11.3 Å². The predicted octanol–water partition coefficient (Wildman–Crippen LogP) is 2.99. The van der Waals surface area contributed by atoms with Crippen molar-refractivity contribution in [3.8, 4) is 0 Å². The van der Waals surface area contributed by atoms with Crippen LogP contribution in [0.5, 0.6) is 0 Å². The first kappa shape index (κ1) is 12.6. The second-order valence-corrected chi connectivity index (χ2v) is 4.65. The van der Waals surface area contributed by atoms with Crippen molar-refractivity contribution in [3.05, 3.63) is 52.3 Å². The smallest absolute Gasteiger partial charge is 0.257 e. The van der Waals surface area contributed by atoms with E-state index in [1.165, 1.54) is 12.4 Å². The summed E-state index contributed by atoms with van der Waals surface area (Å²) in [6.45, 7) is 1.96. The third kappa shape index (κ3) is 2.51. The van der Waals surface area contributed by atoms with Crippen molar-refractivity contribution in [3.63, 3.8) is 0 Å². The maximum atomic E-state index is 12.1. The number of nitrogens with zero attached hydrogens (tertiary/aromatic N) is 1. The van der Waals surface area contributed by atoms with Crippen LogP contribution in [0.25, 0.3) is 0 Å². The monoisotopic (exact) mass is 305 g/mol. The van der Waals surface area contributed by atoms with Gasteiger partial charge in [-0.25, -0.2) is 0 Å². The molecule has 4 nitrogen and oxygen atoms in total. The summed E-state index contributed by atoms with van der Waals surface area (Å²) < 4.78 is 0.867. The lowest BCUT2D eigenvalue weighted by atomic mass is 10.2. The minimum absolute atomic E-state index is 0.249. The first-order chi connectivity index (χ1) is 8.59. The molecule has 0 bridgehead atoms. The zero-order valence-corrected chi connectivity index (χ0v) is 11.4. The number of nitrogen functional groups attached to an aromatic ring is 1. The van der Waals surface area contributed by atoms with Crippen molar-refractivity contribution in [1.82, 2.24) is 4.98 Å². The Morgan fingerprint density at radius 3 is 2.89 bits per heavy atom. The molecule has 0 spiro atoms. The van der Waals surface area contributed by atoms with E-state index >= 15 is 0 Å². The standard InChI is InChI=1S/C13H12BrN3O/c1-8-3-2-4-11(12(8)14)17-13(18)9-5-6-16-7-10(9)15/h2-7H,15H2,1H3,(H,17,18). The minimum atomic E-state index is -0.249. The van der Waals surface area contributed by atoms with Gasteiger partial charge in [-0.3, -0.25) is 9.78 Å². The van der Waals surface area contributed by atoms with E-state index < -0.39 is 0 Å². The number of aryl methyl sites for hydroxylation is 1. The molecule has 92 valence electrons. The second-order valence-electron chi connectivity index (χ2n) is 3.85. The summed E-state index contributed by atoms with van der Waals surface area (Å²) in [4.78, 5) is 15.9. The largest absolute Gasteiger partial charge is 0.397 e. The summed E-state index contributed by atoms with van der Waals surface area (Å²) in [5.41, 5.74) is 8.25. The molecule has 0 fully saturated rings. The van der Waals surface area contributed by atoms with Gasteiger partial charge in [0.05, 0.1) is 23.1 Å². The zero-order valence-electron chi connectivity index (χ0n) is 9.77. The van der Waals surface area contributed by atoms with Crippen molar-refractivity contribution < 1.29 is 4.79 Å². The molecular weight excluding hydrogens is 294 g/mol. The Hall–Kier alpha value is -1.88. The molecule has 5 heteroatoms. The molecule has 0 unspecified atom stereocenters. The number of hydrogen-bond acceptors (Lipinski definition) is 3. The van der Waals surface area contributed by atoms with Crippen LogP contribution in [-0.2, 0) is 0 Å². The number of halogens is 1. The van der Waals surface area contributed by atoms with Gasteiger partial charge < -0.3 is 11.1 Å². The zero-order chi connectivity index (χ0) is 13.1. The molecule has 0 saturated carbocycles. The van der Waals surface area contributed by atoms with Crippen molar-refractivity contribution in [2.45, 2.75) is 6.92 Å². The van der Waals surface area contributed by atoms with Crippen LogP contribution >= 0.6 is 15.9 Å². The number of anilines is 2. The quantitative estimate of drug-likeness (QED) is 0.896. The number of nitrogens with two attached hydrogens (primary N) is 1. The Bertz CT molecular complexity index is 599. The van der Waals surface area contributed by atoms with E-state index in [1.807, 2.05) is 25.1 Å². The summed E-state index contributed by atoms with van der Waals surface area (Å²) in [6.07, 6.45) is 3.00. The third-order valence-electron chi connectivity index (χ3n) is 2.54. The number of carbonyl (C=O) groups is 1. The first-order valence-electron chi connectivity index (χ1n) is 5.35. The Morgan fingerprint density at radius 1 is 1.39 bits per heavy atom. The molecule has 0 saturated heterocycles. The maximum Gasteiger partial charge on any atom is 0.257 e. The average Bonchev–Trinajstić information content (AvgIpc) is 2.35. The number of carbonyl (C=O) groups excluding carboxylic acids is 1. The molecule has 0 aliphatic carbocycles. The van der Waals surface area contributed by atoms with Crippen LogP contribution in [0.2, 0.25) is 0 Å². The minimum Gasteiger partial charge on any atom is -0.397 e. The summed E-state index contributed by atoms with van der Waals surface area (Å²) in [6, 6.07) is 7.26. The van der Waals surface area contributed by atoms with Crippen LogP contribution in [0.3, 0.4) is 0 Å². The Balaban J connectivity index is 2.27. The molecule has 0 aliphatic heterocycles. The molecule has 1 aromatic heterocycles. The number of amides is 1. The molecule has 0 aliphatic rings. The van der Waals surface area contributed by atoms with Crippen LogP contribution < -0.4 is 11.1 Å². The van der Waals surface area contributed by atoms with Gasteiger partial charge in [-0.05, 0) is 40.5 Å². The van der Waals surface area contributed by atoms with Gasteiger partial charge in [0, 0.05) is 10.7 Å². The van der Waals surface area contributed by atoms with E-state index in [1.54, 1.807) is 6.07 Å². The van der Waals surface area contributed by atoms with Crippen LogP contribution in [0, 0.1) is 6.92 Å². The highest BCUT2D eigenvalue weighted by molar-refractivity contribution is 9.10. The van der Waals surface area contributed by atoms with Crippen molar-refractivity contribution in [2.75, 3.05) is 11.1 Å². The van der Waals surface area contributed by atoms with Gasteiger partial charge in [0.2, 0.25) is 0 Å². The highest BCUT2D eigenvalue weighted by Gasteiger charge is 2.11. The fourth-order valence-electron chi connectivity index (χ4n) is 1.55. The second kappa shape index (κ2) is 5.18. The lowest BCUT2D eigenvalue weighted by Gasteiger charge is -2.10. The van der Waals surface area contributed by atoms with Gasteiger partial charge in [-0.2, -0.15) is 0 Å². The van der Waals surface area contributed by atoms with E-state index in [2.05, 4.69) is 26.2 Å². The Morgan fingerprint density at radius 2 is 2.17 bits per heavy atom. The number of benzene rings is 1. The normalized spacial score (nSPS) is 10.1. The molecule has 0 atom stereocenters. The van der Waals surface area contributed by atoms with Gasteiger partial charge in [0.25, 0.3) is 5.91 Å². The van der Waals surface area contributed by atoms with Gasteiger partial charge in [-0.1, -0.05) is 12.1 Å². The predicted molar refractivity (Wildman–Crippen MR) is 75.5 cm³/mol. The molecule has 2 aromatic rings. The lowest BCUT2D eigenvalue weighted by Crippen LogP contribution is -2.14. The van der Waals surface area contributed by atoms with Crippen molar-refractivity contribution >= 4 is 33.2 Å². The van der Waals surface area contributed by atoms with E-state index in [-0.39, 0.29) is 5.91 Å². The number of rotatable bonds is 2. The molecule has 18 heavy (non-hydrogen) atoms. The lowest BCUT2D eigenvalue weighted by molar-refractivity contribution is 0.102.